The van der Waals surface area contributed by atoms with Gasteiger partial charge in [0, 0.05) is 12.1 Å². The fraction of sp³-hybridized carbons (Fsp3) is 0.533. The van der Waals surface area contributed by atoms with Crippen LogP contribution < -0.4 is 5.32 Å². The largest absolute Gasteiger partial charge is 0.350 e. The highest BCUT2D eigenvalue weighted by atomic mass is 19.2. The first-order valence-corrected chi connectivity index (χ1v) is 6.86. The molecule has 5 heteroatoms. The molecule has 1 aliphatic carbocycles. The Hall–Kier alpha value is -1.49. The Morgan fingerprint density at radius 1 is 1.30 bits per heavy atom. The number of hydrogen-bond donors (Lipinski definition) is 1. The Balaban J connectivity index is 2.07. The van der Waals surface area contributed by atoms with Crippen LogP contribution in [0.25, 0.3) is 0 Å². The van der Waals surface area contributed by atoms with Crippen LogP contribution >= 0.6 is 0 Å². The van der Waals surface area contributed by atoms with Gasteiger partial charge in [0.2, 0.25) is 0 Å². The van der Waals surface area contributed by atoms with Crippen LogP contribution in [0.2, 0.25) is 0 Å². The Bertz CT molecular complexity index is 497. The molecule has 0 saturated heterocycles. The Kier molecular flexibility index (Phi) is 4.38. The molecule has 1 aliphatic rings. The molecule has 0 aliphatic heterocycles. The van der Waals surface area contributed by atoms with Gasteiger partial charge in [0.05, 0.1) is 5.56 Å². The van der Waals surface area contributed by atoms with E-state index in [-0.39, 0.29) is 11.1 Å². The normalized spacial score (nSPS) is 17.4. The van der Waals surface area contributed by atoms with Crippen LogP contribution in [0.1, 0.15) is 36.0 Å². The van der Waals surface area contributed by atoms with Gasteiger partial charge in [0.1, 0.15) is 0 Å². The molecular formula is C15H20F2N2O. The smallest absolute Gasteiger partial charge is 0.254 e. The van der Waals surface area contributed by atoms with Gasteiger partial charge < -0.3 is 10.2 Å². The lowest BCUT2D eigenvalue weighted by Crippen LogP contribution is -2.50. The predicted molar refractivity (Wildman–Crippen MR) is 73.6 cm³/mol. The van der Waals surface area contributed by atoms with Crippen LogP contribution in [0.5, 0.6) is 0 Å². The Labute approximate surface area is 118 Å². The van der Waals surface area contributed by atoms with E-state index in [0.29, 0.717) is 6.54 Å². The Morgan fingerprint density at radius 2 is 1.95 bits per heavy atom. The highest BCUT2D eigenvalue weighted by Gasteiger charge is 2.36. The second-order valence-corrected chi connectivity index (χ2v) is 5.61. The zero-order valence-electron chi connectivity index (χ0n) is 11.9. The average Bonchev–Trinajstić information content (AvgIpc) is 2.89. The molecule has 0 radical (unpaired) electrons. The molecule has 20 heavy (non-hydrogen) atoms. The molecule has 0 aromatic heterocycles. The van der Waals surface area contributed by atoms with E-state index in [1.165, 1.54) is 12.1 Å². The first-order valence-electron chi connectivity index (χ1n) is 6.86. The van der Waals surface area contributed by atoms with Gasteiger partial charge in [-0.2, -0.15) is 0 Å². The molecule has 0 spiro atoms. The van der Waals surface area contributed by atoms with Gasteiger partial charge in [-0.15, -0.1) is 0 Å². The van der Waals surface area contributed by atoms with E-state index in [1.807, 2.05) is 14.1 Å². The number of carbonyl (C=O) groups excluding carboxylic acids is 1. The number of nitrogens with one attached hydrogen (secondary N) is 1. The van der Waals surface area contributed by atoms with Gasteiger partial charge >= 0.3 is 0 Å². The summed E-state index contributed by atoms with van der Waals surface area (Å²) in [4.78, 5) is 14.1. The summed E-state index contributed by atoms with van der Waals surface area (Å²) >= 11 is 0. The van der Waals surface area contributed by atoms with E-state index in [0.717, 1.165) is 31.7 Å². The van der Waals surface area contributed by atoms with Crippen molar-refractivity contribution < 1.29 is 13.6 Å². The van der Waals surface area contributed by atoms with E-state index in [1.54, 1.807) is 0 Å². The van der Waals surface area contributed by atoms with Gasteiger partial charge in [-0.25, -0.2) is 8.78 Å². The van der Waals surface area contributed by atoms with Gasteiger partial charge in [0.15, 0.2) is 11.6 Å². The van der Waals surface area contributed by atoms with Crippen molar-refractivity contribution >= 4 is 5.91 Å². The van der Waals surface area contributed by atoms with Crippen molar-refractivity contribution in [2.75, 3.05) is 20.6 Å². The molecule has 1 N–H and O–H groups in total. The average molecular weight is 282 g/mol. The minimum Gasteiger partial charge on any atom is -0.350 e. The van der Waals surface area contributed by atoms with E-state index in [4.69, 9.17) is 0 Å². The fourth-order valence-electron chi connectivity index (χ4n) is 2.83. The summed E-state index contributed by atoms with van der Waals surface area (Å²) in [7, 11) is 3.97. The summed E-state index contributed by atoms with van der Waals surface area (Å²) in [6, 6.07) is 3.64. The highest BCUT2D eigenvalue weighted by molar-refractivity contribution is 5.94. The Morgan fingerprint density at radius 3 is 2.55 bits per heavy atom. The number of carbonyl (C=O) groups is 1. The lowest BCUT2D eigenvalue weighted by molar-refractivity contribution is 0.0895. The summed E-state index contributed by atoms with van der Waals surface area (Å²) in [5.41, 5.74) is -0.309. The molecule has 0 atom stereocenters. The zero-order valence-corrected chi connectivity index (χ0v) is 11.9. The monoisotopic (exact) mass is 282 g/mol. The number of amides is 1. The number of likely N-dealkylation sites (N-methyl/N-ethyl adjacent to an activating group) is 1. The van der Waals surface area contributed by atoms with Gasteiger partial charge in [-0.3, -0.25) is 4.79 Å². The zero-order chi connectivity index (χ0) is 14.8. The number of nitrogens with zero attached hydrogens (tertiary/aromatic N) is 1. The van der Waals surface area contributed by atoms with Crippen molar-refractivity contribution in [3.05, 3.63) is 35.4 Å². The first kappa shape index (κ1) is 14.9. The summed E-state index contributed by atoms with van der Waals surface area (Å²) < 4.78 is 26.7. The summed E-state index contributed by atoms with van der Waals surface area (Å²) in [6.45, 7) is 0.453. The van der Waals surface area contributed by atoms with E-state index < -0.39 is 17.5 Å². The standard InChI is InChI=1S/C15H20F2N2O/c1-19(2)15(8-3-4-9-15)10-18-14(20)11-6-5-7-12(16)13(11)17/h5-7H,3-4,8-10H2,1-2H3,(H,18,20). The van der Waals surface area contributed by atoms with Crippen molar-refractivity contribution in [3.63, 3.8) is 0 Å². The third kappa shape index (κ3) is 2.82. The minimum absolute atomic E-state index is 0.0700. The third-order valence-corrected chi connectivity index (χ3v) is 4.26. The topological polar surface area (TPSA) is 32.3 Å². The van der Waals surface area contributed by atoms with Crippen LogP contribution in [-0.2, 0) is 0 Å². The van der Waals surface area contributed by atoms with E-state index in [9.17, 15) is 13.6 Å². The molecule has 1 saturated carbocycles. The highest BCUT2D eigenvalue weighted by Crippen LogP contribution is 2.33. The van der Waals surface area contributed by atoms with Gasteiger partial charge in [-0.1, -0.05) is 18.9 Å². The molecule has 1 amide bonds. The predicted octanol–water partition coefficient (Wildman–Crippen LogP) is 2.57. The van der Waals surface area contributed by atoms with Crippen LogP contribution in [-0.4, -0.2) is 37.0 Å². The van der Waals surface area contributed by atoms with Crippen molar-refractivity contribution in [3.8, 4) is 0 Å². The molecule has 2 rings (SSSR count). The van der Waals surface area contributed by atoms with Crippen molar-refractivity contribution in [1.29, 1.82) is 0 Å². The summed E-state index contributed by atoms with van der Waals surface area (Å²) in [6.07, 6.45) is 4.27. The molecule has 3 nitrogen and oxygen atoms in total. The number of halogens is 2. The van der Waals surface area contributed by atoms with Crippen LogP contribution in [0.3, 0.4) is 0 Å². The molecule has 110 valence electrons. The van der Waals surface area contributed by atoms with Crippen molar-refractivity contribution in [1.82, 2.24) is 10.2 Å². The van der Waals surface area contributed by atoms with E-state index >= 15 is 0 Å². The van der Waals surface area contributed by atoms with E-state index in [2.05, 4.69) is 10.2 Å². The van der Waals surface area contributed by atoms with Crippen LogP contribution in [0.4, 0.5) is 8.78 Å². The molecular weight excluding hydrogens is 262 g/mol. The minimum atomic E-state index is -1.09. The maximum atomic E-state index is 13.6. The summed E-state index contributed by atoms with van der Waals surface area (Å²) in [5, 5.41) is 2.74. The van der Waals surface area contributed by atoms with Crippen molar-refractivity contribution in [2.45, 2.75) is 31.2 Å². The summed E-state index contributed by atoms with van der Waals surface area (Å²) in [5.74, 6) is -2.65. The maximum absolute atomic E-state index is 13.6. The molecule has 0 bridgehead atoms. The molecule has 0 unspecified atom stereocenters. The molecule has 1 fully saturated rings. The van der Waals surface area contributed by atoms with Gasteiger partial charge in [-0.05, 0) is 39.1 Å². The van der Waals surface area contributed by atoms with Crippen LogP contribution in [0.15, 0.2) is 18.2 Å². The molecule has 1 aromatic carbocycles. The number of benzene rings is 1. The quantitative estimate of drug-likeness (QED) is 0.920. The molecule has 0 heterocycles. The second-order valence-electron chi connectivity index (χ2n) is 5.61. The van der Waals surface area contributed by atoms with Crippen LogP contribution in [0, 0.1) is 11.6 Å². The third-order valence-electron chi connectivity index (χ3n) is 4.26. The number of hydrogen-bond acceptors (Lipinski definition) is 2. The first-order chi connectivity index (χ1) is 9.46. The number of rotatable bonds is 4. The lowest BCUT2D eigenvalue weighted by atomic mass is 9.96. The lowest BCUT2D eigenvalue weighted by Gasteiger charge is -2.36. The maximum Gasteiger partial charge on any atom is 0.254 e. The SMILES string of the molecule is CN(C)C1(CNC(=O)c2cccc(F)c2F)CCCC1. The fourth-order valence-corrected chi connectivity index (χ4v) is 2.83. The van der Waals surface area contributed by atoms with Gasteiger partial charge in [0.25, 0.3) is 5.91 Å². The molecule has 1 aromatic rings. The van der Waals surface area contributed by atoms with Crippen molar-refractivity contribution in [2.24, 2.45) is 0 Å². The second kappa shape index (κ2) is 5.87.